The summed E-state index contributed by atoms with van der Waals surface area (Å²) >= 11 is 0. The van der Waals surface area contributed by atoms with Gasteiger partial charge in [0.05, 0.1) is 0 Å². The zero-order chi connectivity index (χ0) is 12.5. The minimum Gasteiger partial charge on any atom is -0.316 e. The maximum absolute atomic E-state index is 3.61. The molecule has 1 saturated carbocycles. The molecule has 0 heterocycles. The van der Waals surface area contributed by atoms with Gasteiger partial charge in [-0.2, -0.15) is 0 Å². The number of nitrogens with one attached hydrogen (secondary N) is 1. The van der Waals surface area contributed by atoms with Crippen molar-refractivity contribution in [3.63, 3.8) is 0 Å². The van der Waals surface area contributed by atoms with E-state index in [9.17, 15) is 0 Å². The van der Waals surface area contributed by atoms with Gasteiger partial charge in [0.15, 0.2) is 0 Å². The summed E-state index contributed by atoms with van der Waals surface area (Å²) in [6, 6.07) is 7.03. The highest BCUT2D eigenvalue weighted by Crippen LogP contribution is 2.53. The first-order chi connectivity index (χ1) is 8.08. The van der Waals surface area contributed by atoms with E-state index in [4.69, 9.17) is 0 Å². The predicted molar refractivity (Wildman–Crippen MR) is 74.5 cm³/mol. The molecule has 1 aliphatic rings. The van der Waals surface area contributed by atoms with Crippen LogP contribution in [0.25, 0.3) is 0 Å². The molecule has 17 heavy (non-hydrogen) atoms. The molecule has 0 amide bonds. The summed E-state index contributed by atoms with van der Waals surface area (Å²) in [7, 11) is 0. The average molecular weight is 231 g/mol. The van der Waals surface area contributed by atoms with E-state index >= 15 is 0 Å². The maximum Gasteiger partial charge on any atom is 0.0107 e. The van der Waals surface area contributed by atoms with Gasteiger partial charge in [0.2, 0.25) is 0 Å². The van der Waals surface area contributed by atoms with Crippen LogP contribution in [0.2, 0.25) is 0 Å². The van der Waals surface area contributed by atoms with Crippen molar-refractivity contribution in [1.82, 2.24) is 5.32 Å². The Bertz CT molecular complexity index is 376. The fourth-order valence-electron chi connectivity index (χ4n) is 2.99. The summed E-state index contributed by atoms with van der Waals surface area (Å²) < 4.78 is 0. The van der Waals surface area contributed by atoms with Crippen LogP contribution in [-0.2, 0) is 5.41 Å². The molecule has 1 aromatic rings. The third kappa shape index (κ3) is 2.55. The second-order valence-corrected chi connectivity index (χ2v) is 5.81. The van der Waals surface area contributed by atoms with Crippen LogP contribution in [0.4, 0.5) is 0 Å². The van der Waals surface area contributed by atoms with Crippen molar-refractivity contribution in [2.24, 2.45) is 5.92 Å². The molecule has 1 nitrogen and oxygen atoms in total. The number of hydrogen-bond acceptors (Lipinski definition) is 1. The van der Waals surface area contributed by atoms with Gasteiger partial charge in [-0.3, -0.25) is 0 Å². The van der Waals surface area contributed by atoms with Gasteiger partial charge >= 0.3 is 0 Å². The largest absolute Gasteiger partial charge is 0.316 e. The highest BCUT2D eigenvalue weighted by atomic mass is 14.9. The van der Waals surface area contributed by atoms with Crippen LogP contribution in [0, 0.1) is 19.8 Å². The Morgan fingerprint density at radius 3 is 2.29 bits per heavy atom. The summed E-state index contributed by atoms with van der Waals surface area (Å²) in [4.78, 5) is 0. The Morgan fingerprint density at radius 2 is 1.82 bits per heavy atom. The van der Waals surface area contributed by atoms with E-state index in [0.717, 1.165) is 19.0 Å². The lowest BCUT2D eigenvalue weighted by molar-refractivity contribution is 0.541. The molecule has 0 aromatic heterocycles. The first kappa shape index (κ1) is 12.6. The minimum absolute atomic E-state index is 0.423. The van der Waals surface area contributed by atoms with Crippen molar-refractivity contribution in [2.75, 3.05) is 13.1 Å². The fraction of sp³-hybridized carbons (Fsp3) is 0.625. The van der Waals surface area contributed by atoms with Crippen LogP contribution in [0.15, 0.2) is 18.2 Å². The van der Waals surface area contributed by atoms with Gasteiger partial charge in [-0.25, -0.2) is 0 Å². The standard InChI is InChI=1S/C16H25N/c1-5-6-17-11-16(10-14(16)4)15-8-12(2)7-13(3)9-15/h7-9,14,17H,5-6,10-11H2,1-4H3. The zero-order valence-electron chi connectivity index (χ0n) is 11.6. The molecule has 0 saturated heterocycles. The van der Waals surface area contributed by atoms with Crippen molar-refractivity contribution in [3.8, 4) is 0 Å². The molecule has 0 aliphatic heterocycles. The lowest BCUT2D eigenvalue weighted by atomic mass is 9.90. The SMILES string of the molecule is CCCNCC1(c2cc(C)cc(C)c2)CC1C. The second-order valence-electron chi connectivity index (χ2n) is 5.81. The number of hydrogen-bond donors (Lipinski definition) is 1. The van der Waals surface area contributed by atoms with Crippen molar-refractivity contribution in [2.45, 2.75) is 46.0 Å². The molecule has 2 atom stereocenters. The average Bonchev–Trinajstić information content (AvgIpc) is 2.90. The third-order valence-corrected chi connectivity index (χ3v) is 4.12. The molecular formula is C16H25N. The molecule has 0 bridgehead atoms. The molecule has 1 aromatic carbocycles. The Hall–Kier alpha value is -0.820. The normalized spacial score (nSPS) is 27.2. The summed E-state index contributed by atoms with van der Waals surface area (Å²) in [6.07, 6.45) is 2.56. The van der Waals surface area contributed by atoms with Crippen molar-refractivity contribution in [3.05, 3.63) is 34.9 Å². The topological polar surface area (TPSA) is 12.0 Å². The first-order valence-corrected chi connectivity index (χ1v) is 6.88. The molecule has 1 N–H and O–H groups in total. The summed E-state index contributed by atoms with van der Waals surface area (Å²) in [6.45, 7) is 11.3. The fourth-order valence-corrected chi connectivity index (χ4v) is 2.99. The maximum atomic E-state index is 3.61. The van der Waals surface area contributed by atoms with Crippen LogP contribution in [0.3, 0.4) is 0 Å². The smallest absolute Gasteiger partial charge is 0.0107 e. The number of rotatable bonds is 5. The Kier molecular flexibility index (Phi) is 3.58. The Morgan fingerprint density at radius 1 is 1.24 bits per heavy atom. The van der Waals surface area contributed by atoms with Crippen molar-refractivity contribution in [1.29, 1.82) is 0 Å². The van der Waals surface area contributed by atoms with E-state index < -0.39 is 0 Å². The Labute approximate surface area is 106 Å². The molecule has 0 radical (unpaired) electrons. The highest BCUT2D eigenvalue weighted by molar-refractivity contribution is 5.39. The van der Waals surface area contributed by atoms with Gasteiger partial charge in [0.25, 0.3) is 0 Å². The van der Waals surface area contributed by atoms with Crippen LogP contribution < -0.4 is 5.32 Å². The quantitative estimate of drug-likeness (QED) is 0.764. The van der Waals surface area contributed by atoms with Gasteiger partial charge in [-0.05, 0) is 44.7 Å². The monoisotopic (exact) mass is 231 g/mol. The van der Waals surface area contributed by atoms with Gasteiger partial charge < -0.3 is 5.32 Å². The van der Waals surface area contributed by atoms with Gasteiger partial charge in [0.1, 0.15) is 0 Å². The molecule has 0 spiro atoms. The van der Waals surface area contributed by atoms with Crippen LogP contribution in [0.1, 0.15) is 43.4 Å². The molecule has 1 fully saturated rings. The highest BCUT2D eigenvalue weighted by Gasteiger charge is 2.51. The van der Waals surface area contributed by atoms with E-state index in [1.54, 1.807) is 5.56 Å². The van der Waals surface area contributed by atoms with Crippen LogP contribution in [-0.4, -0.2) is 13.1 Å². The molecule has 2 unspecified atom stereocenters. The first-order valence-electron chi connectivity index (χ1n) is 6.88. The van der Waals surface area contributed by atoms with E-state index in [-0.39, 0.29) is 0 Å². The van der Waals surface area contributed by atoms with Crippen molar-refractivity contribution >= 4 is 0 Å². The molecule has 1 heteroatoms. The predicted octanol–water partition coefficient (Wildman–Crippen LogP) is 3.58. The van der Waals surface area contributed by atoms with Crippen molar-refractivity contribution < 1.29 is 0 Å². The Balaban J connectivity index is 2.17. The van der Waals surface area contributed by atoms with Crippen LogP contribution in [0.5, 0.6) is 0 Å². The van der Waals surface area contributed by atoms with E-state index in [1.165, 1.54) is 24.0 Å². The van der Waals surface area contributed by atoms with Gasteiger partial charge in [0, 0.05) is 12.0 Å². The summed E-state index contributed by atoms with van der Waals surface area (Å²) in [5.41, 5.74) is 4.76. The minimum atomic E-state index is 0.423. The lowest BCUT2D eigenvalue weighted by Crippen LogP contribution is -2.29. The second kappa shape index (κ2) is 4.81. The van der Waals surface area contributed by atoms with Gasteiger partial charge in [-0.1, -0.05) is 43.2 Å². The van der Waals surface area contributed by atoms with Gasteiger partial charge in [-0.15, -0.1) is 0 Å². The van der Waals surface area contributed by atoms with Crippen LogP contribution >= 0.6 is 0 Å². The molecule has 1 aliphatic carbocycles. The molecule has 2 rings (SSSR count). The van der Waals surface area contributed by atoms with E-state index in [0.29, 0.717) is 5.41 Å². The summed E-state index contributed by atoms with van der Waals surface area (Å²) in [5, 5.41) is 3.61. The molecular weight excluding hydrogens is 206 g/mol. The third-order valence-electron chi connectivity index (χ3n) is 4.12. The van der Waals surface area contributed by atoms with E-state index in [2.05, 4.69) is 51.2 Å². The number of benzene rings is 1. The summed E-state index contributed by atoms with van der Waals surface area (Å²) in [5.74, 6) is 0.827. The lowest BCUT2D eigenvalue weighted by Gasteiger charge is -2.19. The number of aryl methyl sites for hydroxylation is 2. The zero-order valence-corrected chi connectivity index (χ0v) is 11.6. The molecule has 94 valence electrons. The van der Waals surface area contributed by atoms with E-state index in [1.807, 2.05) is 0 Å².